The van der Waals surface area contributed by atoms with Gasteiger partial charge >= 0.3 is 6.09 Å². The number of fused-ring (bicyclic) bond motifs is 1. The summed E-state index contributed by atoms with van der Waals surface area (Å²) < 4.78 is 25.4. The Hall–Kier alpha value is -3.37. The van der Waals surface area contributed by atoms with E-state index in [1.807, 2.05) is 4.90 Å². The van der Waals surface area contributed by atoms with E-state index in [2.05, 4.69) is 10.3 Å². The van der Waals surface area contributed by atoms with Crippen LogP contribution in [0, 0.1) is 5.82 Å². The van der Waals surface area contributed by atoms with Crippen molar-refractivity contribution < 1.29 is 28.6 Å². The number of ether oxygens (including phenoxy) is 2. The molecule has 2 aliphatic heterocycles. The maximum absolute atomic E-state index is 14.8. The predicted molar refractivity (Wildman–Crippen MR) is 128 cm³/mol. The number of allylic oxidation sites excluding steroid dienone is 1. The molecule has 35 heavy (non-hydrogen) atoms. The molecule has 0 spiro atoms. The predicted octanol–water partition coefficient (Wildman–Crippen LogP) is 2.69. The summed E-state index contributed by atoms with van der Waals surface area (Å²) in [6.07, 6.45) is 3.88. The summed E-state index contributed by atoms with van der Waals surface area (Å²) in [6, 6.07) is 4.62. The van der Waals surface area contributed by atoms with Gasteiger partial charge in [0, 0.05) is 31.3 Å². The van der Waals surface area contributed by atoms with Gasteiger partial charge in [0.05, 0.1) is 54.3 Å². The van der Waals surface area contributed by atoms with Gasteiger partial charge in [-0.2, -0.15) is 0 Å². The van der Waals surface area contributed by atoms with Crippen molar-refractivity contribution in [2.45, 2.75) is 17.9 Å². The number of amides is 2. The molecule has 3 aliphatic rings. The first-order valence-electron chi connectivity index (χ1n) is 11.3. The number of hydrogen-bond donors (Lipinski definition) is 2. The smallest absolute Gasteiger partial charge is 0.414 e. The highest BCUT2D eigenvalue weighted by Gasteiger charge is 2.33. The second kappa shape index (κ2) is 9.71. The molecule has 2 N–H and O–H groups in total. The van der Waals surface area contributed by atoms with Crippen LogP contribution in [0.3, 0.4) is 0 Å². The van der Waals surface area contributed by atoms with Crippen molar-refractivity contribution in [3.63, 3.8) is 0 Å². The van der Waals surface area contributed by atoms with E-state index in [9.17, 15) is 19.1 Å². The third-order valence-corrected chi connectivity index (χ3v) is 6.53. The summed E-state index contributed by atoms with van der Waals surface area (Å²) in [5, 5.41) is 13.0. The van der Waals surface area contributed by atoms with E-state index in [1.54, 1.807) is 24.3 Å². The molecule has 0 saturated carbocycles. The van der Waals surface area contributed by atoms with Crippen molar-refractivity contribution >= 4 is 41.1 Å². The van der Waals surface area contributed by atoms with Crippen molar-refractivity contribution in [3.05, 3.63) is 53.1 Å². The van der Waals surface area contributed by atoms with Crippen LogP contribution in [0.1, 0.15) is 21.6 Å². The first-order chi connectivity index (χ1) is 16.9. The minimum absolute atomic E-state index is 0.0170. The van der Waals surface area contributed by atoms with Gasteiger partial charge in [-0.15, -0.1) is 11.6 Å². The van der Waals surface area contributed by atoms with Gasteiger partial charge in [0.2, 0.25) is 0 Å². The second-order valence-corrected chi connectivity index (χ2v) is 9.08. The number of morpholine rings is 1. The van der Waals surface area contributed by atoms with Gasteiger partial charge in [-0.05, 0) is 18.2 Å². The fraction of sp³-hybridized carbons (Fsp3) is 0.375. The highest BCUT2D eigenvalue weighted by molar-refractivity contribution is 6.22. The number of cyclic esters (lactones) is 1. The number of aromatic nitrogens is 1. The van der Waals surface area contributed by atoms with Crippen LogP contribution >= 0.6 is 11.6 Å². The van der Waals surface area contributed by atoms with Crippen LogP contribution in [0.5, 0.6) is 5.75 Å². The van der Waals surface area contributed by atoms with Crippen molar-refractivity contribution in [1.29, 1.82) is 0 Å². The van der Waals surface area contributed by atoms with E-state index in [0.717, 1.165) is 0 Å². The minimum Gasteiger partial charge on any atom is -0.506 e. The van der Waals surface area contributed by atoms with E-state index in [0.29, 0.717) is 55.4 Å². The molecule has 1 unspecified atom stereocenters. The zero-order valence-electron chi connectivity index (χ0n) is 18.7. The van der Waals surface area contributed by atoms with Crippen LogP contribution in [0.15, 0.2) is 30.5 Å². The van der Waals surface area contributed by atoms with Gasteiger partial charge in [0.15, 0.2) is 0 Å². The minimum atomic E-state index is -0.641. The molecule has 3 heterocycles. The van der Waals surface area contributed by atoms with Crippen LogP contribution in [-0.2, 0) is 15.9 Å². The van der Waals surface area contributed by atoms with Gasteiger partial charge in [-0.3, -0.25) is 14.7 Å². The van der Waals surface area contributed by atoms with E-state index >= 15 is 0 Å². The molecular formula is C24H24ClFN4O5. The van der Waals surface area contributed by atoms with E-state index in [-0.39, 0.29) is 29.8 Å². The van der Waals surface area contributed by atoms with E-state index in [1.165, 1.54) is 17.2 Å². The topological polar surface area (TPSA) is 104 Å². The first kappa shape index (κ1) is 23.4. The largest absolute Gasteiger partial charge is 0.506 e. The molecule has 2 aromatic rings. The highest BCUT2D eigenvalue weighted by Crippen LogP contribution is 2.31. The number of anilines is 2. The fourth-order valence-corrected chi connectivity index (χ4v) is 4.60. The number of nitrogens with zero attached hydrogens (tertiary/aromatic N) is 3. The molecule has 11 heteroatoms. The van der Waals surface area contributed by atoms with Gasteiger partial charge in [-0.1, -0.05) is 12.2 Å². The van der Waals surface area contributed by atoms with Gasteiger partial charge in [0.1, 0.15) is 17.7 Å². The maximum Gasteiger partial charge on any atom is 0.414 e. The molecule has 2 fully saturated rings. The molecule has 9 nitrogen and oxygen atoms in total. The zero-order valence-corrected chi connectivity index (χ0v) is 19.5. The molecule has 184 valence electrons. The number of carbonyl (C=O) groups is 2. The lowest BCUT2D eigenvalue weighted by molar-refractivity contribution is 0.0913. The molecule has 2 amide bonds. The number of halogens is 2. The van der Waals surface area contributed by atoms with E-state index in [4.69, 9.17) is 21.1 Å². The lowest BCUT2D eigenvalue weighted by Crippen LogP contribution is -2.37. The van der Waals surface area contributed by atoms with Crippen molar-refractivity contribution in [2.24, 2.45) is 0 Å². The van der Waals surface area contributed by atoms with Crippen LogP contribution in [0.25, 0.3) is 6.08 Å². The Kier molecular flexibility index (Phi) is 6.48. The maximum atomic E-state index is 14.8. The van der Waals surface area contributed by atoms with Crippen LogP contribution in [0.4, 0.5) is 20.6 Å². The Balaban J connectivity index is 1.21. The summed E-state index contributed by atoms with van der Waals surface area (Å²) in [6.45, 7) is 2.44. The number of nitrogens with one attached hydrogen (secondary N) is 1. The summed E-state index contributed by atoms with van der Waals surface area (Å²) in [5.41, 5.74) is 1.94. The molecule has 1 aromatic carbocycles. The van der Waals surface area contributed by atoms with Crippen LogP contribution in [0.2, 0.25) is 0 Å². The average molecular weight is 503 g/mol. The summed E-state index contributed by atoms with van der Waals surface area (Å²) in [7, 11) is 0. The third-order valence-electron chi connectivity index (χ3n) is 6.23. The lowest BCUT2D eigenvalue weighted by Gasteiger charge is -2.29. The standard InChI is InChI=1S/C24H24ClFN4O5/c25-14-1-3-17-20(9-14)27-12-18(22(17)31)23(32)28-11-16-13-30(24(33)35-16)15-2-4-21(19(26)10-15)29-5-7-34-8-6-29/h1-4,10,12,14,16H,5-9,11,13H2,(H,27,31)(H,28,32)/t14?,16-/m0/s1. The van der Waals surface area contributed by atoms with Crippen molar-refractivity contribution in [3.8, 4) is 5.75 Å². The quantitative estimate of drug-likeness (QED) is 0.606. The van der Waals surface area contributed by atoms with Crippen molar-refractivity contribution in [1.82, 2.24) is 10.3 Å². The van der Waals surface area contributed by atoms with Crippen LogP contribution < -0.4 is 15.1 Å². The number of alkyl halides is 1. The average Bonchev–Trinajstić information content (AvgIpc) is 3.23. The number of hydrogen-bond acceptors (Lipinski definition) is 7. The number of carbonyl (C=O) groups excluding carboxylic acids is 2. The van der Waals surface area contributed by atoms with Gasteiger partial charge in [-0.25, -0.2) is 9.18 Å². The molecule has 1 aliphatic carbocycles. The number of benzene rings is 1. The van der Waals surface area contributed by atoms with Gasteiger partial charge in [0.25, 0.3) is 5.91 Å². The molecule has 1 aromatic heterocycles. The molecule has 2 atom stereocenters. The number of rotatable bonds is 5. The van der Waals surface area contributed by atoms with Crippen LogP contribution in [-0.4, -0.2) is 73.0 Å². The molecule has 5 rings (SSSR count). The Morgan fingerprint density at radius 3 is 2.89 bits per heavy atom. The first-order valence-corrected chi connectivity index (χ1v) is 11.8. The fourth-order valence-electron chi connectivity index (χ4n) is 4.38. The molecule has 0 bridgehead atoms. The Morgan fingerprint density at radius 2 is 2.11 bits per heavy atom. The van der Waals surface area contributed by atoms with E-state index < -0.39 is 23.9 Å². The lowest BCUT2D eigenvalue weighted by atomic mass is 9.99. The summed E-state index contributed by atoms with van der Waals surface area (Å²) in [5.74, 6) is -1.15. The third kappa shape index (κ3) is 4.76. The highest BCUT2D eigenvalue weighted by atomic mass is 35.5. The second-order valence-electron chi connectivity index (χ2n) is 8.52. The van der Waals surface area contributed by atoms with Crippen molar-refractivity contribution in [2.75, 3.05) is 49.2 Å². The Morgan fingerprint density at radius 1 is 1.31 bits per heavy atom. The molecular weight excluding hydrogens is 479 g/mol. The SMILES string of the molecule is O=C(NC[C@H]1CN(c2ccc(N3CCOCC3)c(F)c2)C(=O)O1)c1cnc2c(c1O)C=CC(Cl)C2. The molecule has 0 radical (unpaired) electrons. The monoisotopic (exact) mass is 502 g/mol. The Bertz CT molecular complexity index is 1190. The number of aromatic hydroxyl groups is 1. The zero-order chi connectivity index (χ0) is 24.5. The summed E-state index contributed by atoms with van der Waals surface area (Å²) in [4.78, 5) is 32.5. The normalized spacial score (nSPS) is 21.6. The molecule has 2 saturated heterocycles. The number of pyridine rings is 1. The summed E-state index contributed by atoms with van der Waals surface area (Å²) >= 11 is 6.08. The van der Waals surface area contributed by atoms with Gasteiger partial charge < -0.3 is 24.8 Å². The Labute approximate surface area is 206 Å².